The number of rotatable bonds is 8. The van der Waals surface area contributed by atoms with Crippen molar-refractivity contribution in [2.45, 2.75) is 19.9 Å². The number of allylic oxidation sites excluding steroid dienone is 1. The van der Waals surface area contributed by atoms with E-state index in [1.165, 1.54) is 30.1 Å². The molecular formula is C30H33N3O7S. The van der Waals surface area contributed by atoms with Gasteiger partial charge in [-0.1, -0.05) is 23.5 Å². The zero-order valence-electron chi connectivity index (χ0n) is 23.8. The summed E-state index contributed by atoms with van der Waals surface area (Å²) in [6.07, 6.45) is 1.80. The van der Waals surface area contributed by atoms with Crippen LogP contribution in [-0.2, 0) is 14.3 Å². The number of fused-ring (bicyclic) bond motifs is 1. The number of morpholine rings is 1. The van der Waals surface area contributed by atoms with Gasteiger partial charge in [-0.05, 0) is 38.1 Å². The minimum absolute atomic E-state index is 0.183. The van der Waals surface area contributed by atoms with Crippen molar-refractivity contribution < 1.29 is 28.5 Å². The van der Waals surface area contributed by atoms with Gasteiger partial charge in [0.15, 0.2) is 16.3 Å². The second kappa shape index (κ2) is 12.2. The van der Waals surface area contributed by atoms with E-state index in [-0.39, 0.29) is 17.7 Å². The Morgan fingerprint density at radius 2 is 1.85 bits per heavy atom. The number of carbonyl (C=O) groups excluding carboxylic acids is 1. The third-order valence-electron chi connectivity index (χ3n) is 7.12. The molecule has 1 saturated heterocycles. The minimum atomic E-state index is -0.830. The predicted molar refractivity (Wildman–Crippen MR) is 156 cm³/mol. The van der Waals surface area contributed by atoms with Crippen LogP contribution in [0, 0.1) is 0 Å². The second-order valence-electron chi connectivity index (χ2n) is 9.41. The summed E-state index contributed by atoms with van der Waals surface area (Å²) >= 11 is 1.25. The summed E-state index contributed by atoms with van der Waals surface area (Å²) in [6.45, 7) is 6.63. The molecule has 0 saturated carbocycles. The first-order valence-corrected chi connectivity index (χ1v) is 14.1. The number of esters is 1. The van der Waals surface area contributed by atoms with E-state index in [9.17, 15) is 9.59 Å². The third-order valence-corrected chi connectivity index (χ3v) is 8.11. The maximum Gasteiger partial charge on any atom is 0.338 e. The summed E-state index contributed by atoms with van der Waals surface area (Å²) in [5.74, 6) is 1.01. The molecule has 3 heterocycles. The lowest BCUT2D eigenvalue weighted by atomic mass is 9.94. The Hall–Kier alpha value is -4.09. The van der Waals surface area contributed by atoms with Crippen LogP contribution >= 0.6 is 11.3 Å². The van der Waals surface area contributed by atoms with Gasteiger partial charge in [-0.25, -0.2) is 9.79 Å². The number of hydrogen-bond acceptors (Lipinski definition) is 10. The number of carbonyl (C=O) groups is 1. The van der Waals surface area contributed by atoms with Crippen LogP contribution in [-0.4, -0.2) is 64.8 Å². The van der Waals surface area contributed by atoms with Gasteiger partial charge in [-0.2, -0.15) is 0 Å². The van der Waals surface area contributed by atoms with Crippen LogP contribution in [0.3, 0.4) is 0 Å². The van der Waals surface area contributed by atoms with Crippen molar-refractivity contribution in [2.75, 3.05) is 59.1 Å². The molecule has 5 rings (SSSR count). The first kappa shape index (κ1) is 28.4. The SMILES string of the molecule is CCOC(=O)C1=C(C)N=c2sc(=Cc3ccc(N4CCOCC4)cc3OC)c(=O)n2C1c1cccc(OC)c1OC. The van der Waals surface area contributed by atoms with Crippen molar-refractivity contribution in [1.29, 1.82) is 0 Å². The number of ether oxygens (including phenoxy) is 5. The van der Waals surface area contributed by atoms with Gasteiger partial charge in [-0.3, -0.25) is 9.36 Å². The van der Waals surface area contributed by atoms with E-state index < -0.39 is 12.0 Å². The maximum atomic E-state index is 14.1. The summed E-state index contributed by atoms with van der Waals surface area (Å²) in [7, 11) is 4.68. The Kier molecular flexibility index (Phi) is 8.46. The van der Waals surface area contributed by atoms with Crippen LogP contribution in [0.4, 0.5) is 5.69 Å². The number of hydrogen-bond donors (Lipinski definition) is 0. The molecule has 10 nitrogen and oxygen atoms in total. The molecule has 0 bridgehead atoms. The highest BCUT2D eigenvalue weighted by Gasteiger charge is 2.35. The summed E-state index contributed by atoms with van der Waals surface area (Å²) in [5.41, 5.74) is 2.82. The Morgan fingerprint density at radius 3 is 2.54 bits per heavy atom. The summed E-state index contributed by atoms with van der Waals surface area (Å²) in [6, 6.07) is 10.5. The van der Waals surface area contributed by atoms with Crippen LogP contribution in [0.25, 0.3) is 6.08 Å². The Labute approximate surface area is 241 Å². The number of nitrogens with zero attached hydrogens (tertiary/aromatic N) is 3. The largest absolute Gasteiger partial charge is 0.496 e. The van der Waals surface area contributed by atoms with Crippen LogP contribution in [0.15, 0.2) is 57.5 Å². The van der Waals surface area contributed by atoms with Crippen molar-refractivity contribution in [3.8, 4) is 17.2 Å². The first-order valence-electron chi connectivity index (χ1n) is 13.3. The number of anilines is 1. The molecule has 0 aliphatic carbocycles. The fourth-order valence-electron chi connectivity index (χ4n) is 5.19. The normalized spacial score (nSPS) is 17.1. The molecule has 0 radical (unpaired) electrons. The molecule has 0 amide bonds. The Morgan fingerprint density at radius 1 is 1.10 bits per heavy atom. The quantitative estimate of drug-likeness (QED) is 0.376. The number of para-hydroxylation sites is 1. The molecular weight excluding hydrogens is 546 g/mol. The molecule has 0 N–H and O–H groups in total. The molecule has 11 heteroatoms. The number of methoxy groups -OCH3 is 3. The van der Waals surface area contributed by atoms with Gasteiger partial charge in [-0.15, -0.1) is 0 Å². The van der Waals surface area contributed by atoms with Crippen LogP contribution in [0.5, 0.6) is 17.2 Å². The van der Waals surface area contributed by atoms with Gasteiger partial charge in [0, 0.05) is 36.0 Å². The van der Waals surface area contributed by atoms with Crippen molar-refractivity contribution in [3.63, 3.8) is 0 Å². The molecule has 1 aromatic heterocycles. The lowest BCUT2D eigenvalue weighted by Crippen LogP contribution is -2.40. The average Bonchev–Trinajstić information content (AvgIpc) is 3.30. The summed E-state index contributed by atoms with van der Waals surface area (Å²) in [4.78, 5) is 34.7. The van der Waals surface area contributed by atoms with Gasteiger partial charge in [0.2, 0.25) is 0 Å². The fraction of sp³-hybridized carbons (Fsp3) is 0.367. The molecule has 2 aliphatic heterocycles. The van der Waals surface area contributed by atoms with Crippen LogP contribution in [0.1, 0.15) is 31.0 Å². The number of thiazole rings is 1. The topological polar surface area (TPSA) is 101 Å². The van der Waals surface area contributed by atoms with Crippen molar-refractivity contribution in [3.05, 3.63) is 78.5 Å². The van der Waals surface area contributed by atoms with E-state index in [4.69, 9.17) is 23.7 Å². The fourth-order valence-corrected chi connectivity index (χ4v) is 6.23. The van der Waals surface area contributed by atoms with E-state index in [1.54, 1.807) is 39.2 Å². The van der Waals surface area contributed by atoms with Gasteiger partial charge >= 0.3 is 5.97 Å². The highest BCUT2D eigenvalue weighted by Crippen LogP contribution is 2.40. The molecule has 1 fully saturated rings. The van der Waals surface area contributed by atoms with Gasteiger partial charge in [0.05, 0.1) is 57.0 Å². The molecule has 2 aromatic carbocycles. The molecule has 1 atom stereocenters. The van der Waals surface area contributed by atoms with Crippen LogP contribution < -0.4 is 34.0 Å². The van der Waals surface area contributed by atoms with E-state index >= 15 is 0 Å². The average molecular weight is 580 g/mol. The number of benzene rings is 2. The van der Waals surface area contributed by atoms with E-state index in [0.717, 1.165) is 24.3 Å². The van der Waals surface area contributed by atoms with Gasteiger partial charge < -0.3 is 28.6 Å². The Balaban J connectivity index is 1.68. The number of aromatic nitrogens is 1. The molecule has 0 spiro atoms. The molecule has 1 unspecified atom stereocenters. The maximum absolute atomic E-state index is 14.1. The van der Waals surface area contributed by atoms with E-state index in [0.29, 0.717) is 51.1 Å². The Bertz CT molecular complexity index is 1670. The molecule has 3 aromatic rings. The highest BCUT2D eigenvalue weighted by molar-refractivity contribution is 7.07. The van der Waals surface area contributed by atoms with Gasteiger partial charge in [0.1, 0.15) is 11.8 Å². The zero-order chi connectivity index (χ0) is 29.1. The lowest BCUT2D eigenvalue weighted by molar-refractivity contribution is -0.139. The first-order chi connectivity index (χ1) is 19.9. The third kappa shape index (κ3) is 5.34. The van der Waals surface area contributed by atoms with E-state index in [2.05, 4.69) is 9.89 Å². The highest BCUT2D eigenvalue weighted by atomic mass is 32.1. The smallest absolute Gasteiger partial charge is 0.338 e. The van der Waals surface area contributed by atoms with Crippen molar-refractivity contribution in [1.82, 2.24) is 4.57 Å². The summed E-state index contributed by atoms with van der Waals surface area (Å²) in [5, 5.41) is 0. The van der Waals surface area contributed by atoms with E-state index in [1.807, 2.05) is 24.3 Å². The monoisotopic (exact) mass is 579 g/mol. The molecule has 2 aliphatic rings. The molecule has 216 valence electrons. The predicted octanol–water partition coefficient (Wildman–Crippen LogP) is 2.66. The summed E-state index contributed by atoms with van der Waals surface area (Å²) < 4.78 is 29.8. The minimum Gasteiger partial charge on any atom is -0.496 e. The molecule has 41 heavy (non-hydrogen) atoms. The zero-order valence-corrected chi connectivity index (χ0v) is 24.6. The standard InChI is InChI=1S/C30H33N3O7S/c1-6-40-29(35)25-18(2)31-30-33(26(25)21-8-7-9-22(36-3)27(21)38-5)28(34)24(41-30)16-19-10-11-20(17-23(19)37-4)32-12-14-39-15-13-32/h7-11,16-17,26H,6,12-15H2,1-5H3. The van der Waals surface area contributed by atoms with Gasteiger partial charge in [0.25, 0.3) is 5.56 Å². The lowest BCUT2D eigenvalue weighted by Gasteiger charge is -2.29. The van der Waals surface area contributed by atoms with Crippen molar-refractivity contribution in [2.24, 2.45) is 4.99 Å². The van der Waals surface area contributed by atoms with Crippen molar-refractivity contribution >= 4 is 29.1 Å². The second-order valence-corrected chi connectivity index (χ2v) is 10.4. The van der Waals surface area contributed by atoms with Crippen LogP contribution in [0.2, 0.25) is 0 Å².